The number of β-amino-alcohol motifs (C(OH)–C–C–N with tert-alkyl or cyclic N) is 1. The number of likely N-dealkylation sites (tertiary alicyclic amines) is 1. The van der Waals surface area contributed by atoms with E-state index in [1.807, 2.05) is 0 Å². The number of hydrogen-bond acceptors (Lipinski definition) is 5. The van der Waals surface area contributed by atoms with Crippen LogP contribution in [0.2, 0.25) is 0 Å². The molecular formula is C16H26N4O3. The molecule has 0 bridgehead atoms. The van der Waals surface area contributed by atoms with Crippen LogP contribution in [0.1, 0.15) is 39.0 Å². The van der Waals surface area contributed by atoms with Crippen LogP contribution in [0.25, 0.3) is 0 Å². The molecule has 128 valence electrons. The van der Waals surface area contributed by atoms with Crippen LogP contribution < -0.4 is 0 Å². The van der Waals surface area contributed by atoms with Crippen LogP contribution in [0.3, 0.4) is 0 Å². The van der Waals surface area contributed by atoms with Gasteiger partial charge in [0, 0.05) is 12.7 Å². The summed E-state index contributed by atoms with van der Waals surface area (Å²) < 4.78 is 7.38. The number of aromatic nitrogens is 3. The average molecular weight is 322 g/mol. The van der Waals surface area contributed by atoms with Crippen molar-refractivity contribution in [2.75, 3.05) is 19.7 Å². The lowest BCUT2D eigenvalue weighted by Gasteiger charge is -2.27. The van der Waals surface area contributed by atoms with Gasteiger partial charge in [0.05, 0.1) is 25.4 Å². The predicted molar refractivity (Wildman–Crippen MR) is 83.5 cm³/mol. The van der Waals surface area contributed by atoms with E-state index in [2.05, 4.69) is 17.2 Å². The van der Waals surface area contributed by atoms with Crippen molar-refractivity contribution in [3.05, 3.63) is 12.4 Å². The molecule has 1 aromatic heterocycles. The van der Waals surface area contributed by atoms with Crippen LogP contribution in [-0.4, -0.2) is 62.3 Å². The summed E-state index contributed by atoms with van der Waals surface area (Å²) in [4.78, 5) is 14.0. The Kier molecular flexibility index (Phi) is 4.96. The van der Waals surface area contributed by atoms with E-state index in [4.69, 9.17) is 4.74 Å². The molecule has 1 atom stereocenters. The molecule has 3 rings (SSSR count). The molecule has 1 saturated heterocycles. The highest BCUT2D eigenvalue weighted by atomic mass is 16.5. The third-order valence-corrected chi connectivity index (χ3v) is 5.02. The Balaban J connectivity index is 1.44. The van der Waals surface area contributed by atoms with Gasteiger partial charge < -0.3 is 14.7 Å². The Morgan fingerprint density at radius 1 is 1.39 bits per heavy atom. The second-order valence-corrected chi connectivity index (χ2v) is 7.08. The summed E-state index contributed by atoms with van der Waals surface area (Å²) in [5.41, 5.74) is -0.927. The van der Waals surface area contributed by atoms with E-state index in [1.54, 1.807) is 22.0 Å². The minimum absolute atomic E-state index is 0.0295. The molecule has 1 N–H and O–H groups in total. The zero-order chi connectivity index (χ0) is 16.3. The maximum atomic E-state index is 12.3. The van der Waals surface area contributed by atoms with Crippen LogP contribution >= 0.6 is 0 Å². The summed E-state index contributed by atoms with van der Waals surface area (Å²) in [7, 11) is 0. The minimum atomic E-state index is -0.927. The van der Waals surface area contributed by atoms with Crippen molar-refractivity contribution >= 4 is 5.91 Å². The molecule has 0 spiro atoms. The van der Waals surface area contributed by atoms with E-state index in [0.717, 1.165) is 18.8 Å². The van der Waals surface area contributed by atoms with Gasteiger partial charge in [-0.05, 0) is 38.0 Å². The summed E-state index contributed by atoms with van der Waals surface area (Å²) in [5, 5.41) is 18.2. The number of amides is 1. The fourth-order valence-corrected chi connectivity index (χ4v) is 3.49. The lowest BCUT2D eigenvalue weighted by Crippen LogP contribution is -2.41. The quantitative estimate of drug-likeness (QED) is 0.869. The number of carbonyl (C=O) groups is 1. The van der Waals surface area contributed by atoms with E-state index < -0.39 is 5.60 Å². The normalized spacial score (nSPS) is 31.5. The van der Waals surface area contributed by atoms with E-state index >= 15 is 0 Å². The Morgan fingerprint density at radius 2 is 2.17 bits per heavy atom. The fraction of sp³-hybridized carbons (Fsp3) is 0.812. The van der Waals surface area contributed by atoms with Gasteiger partial charge in [0.1, 0.15) is 12.2 Å². The molecule has 1 unspecified atom stereocenters. The number of rotatable bonds is 5. The molecule has 2 fully saturated rings. The fourth-order valence-electron chi connectivity index (χ4n) is 3.49. The topological polar surface area (TPSA) is 80.5 Å². The number of carbonyl (C=O) groups excluding carboxylic acids is 1. The van der Waals surface area contributed by atoms with Gasteiger partial charge in [-0.2, -0.15) is 0 Å². The van der Waals surface area contributed by atoms with Crippen LogP contribution in [0.5, 0.6) is 0 Å². The summed E-state index contributed by atoms with van der Waals surface area (Å²) in [6.45, 7) is 3.64. The van der Waals surface area contributed by atoms with Gasteiger partial charge in [-0.1, -0.05) is 12.1 Å². The van der Waals surface area contributed by atoms with Crippen molar-refractivity contribution in [3.8, 4) is 0 Å². The van der Waals surface area contributed by atoms with Gasteiger partial charge >= 0.3 is 0 Å². The summed E-state index contributed by atoms with van der Waals surface area (Å²) >= 11 is 0. The van der Waals surface area contributed by atoms with Gasteiger partial charge in [0.25, 0.3) is 0 Å². The molecule has 7 heteroatoms. The van der Waals surface area contributed by atoms with Crippen molar-refractivity contribution in [1.29, 1.82) is 0 Å². The number of aliphatic hydroxyl groups is 1. The number of ether oxygens (including phenoxy) is 1. The molecule has 7 nitrogen and oxygen atoms in total. The van der Waals surface area contributed by atoms with Gasteiger partial charge in [0.2, 0.25) is 5.91 Å². The average Bonchev–Trinajstić information content (AvgIpc) is 3.16. The molecule has 1 aromatic rings. The maximum Gasteiger partial charge on any atom is 0.248 e. The van der Waals surface area contributed by atoms with Gasteiger partial charge in [-0.3, -0.25) is 4.79 Å². The van der Waals surface area contributed by atoms with Gasteiger partial charge in [0.15, 0.2) is 0 Å². The molecule has 1 aliphatic carbocycles. The first-order chi connectivity index (χ1) is 11.0. The maximum absolute atomic E-state index is 12.3. The van der Waals surface area contributed by atoms with Gasteiger partial charge in [-0.15, -0.1) is 5.10 Å². The Morgan fingerprint density at radius 3 is 2.87 bits per heavy atom. The summed E-state index contributed by atoms with van der Waals surface area (Å²) in [6.07, 6.45) is 8.53. The highest BCUT2D eigenvalue weighted by Crippen LogP contribution is 2.26. The first kappa shape index (κ1) is 16.4. The van der Waals surface area contributed by atoms with Crippen molar-refractivity contribution < 1.29 is 14.6 Å². The van der Waals surface area contributed by atoms with Crippen LogP contribution in [0.15, 0.2) is 12.4 Å². The highest BCUT2D eigenvalue weighted by Gasteiger charge is 2.38. The van der Waals surface area contributed by atoms with E-state index in [-0.39, 0.29) is 18.6 Å². The second kappa shape index (κ2) is 6.97. The summed E-state index contributed by atoms with van der Waals surface area (Å²) in [5.74, 6) is 0.745. The zero-order valence-corrected chi connectivity index (χ0v) is 13.7. The Bertz CT molecular complexity index is 513. The number of hydrogen-bond donors (Lipinski definition) is 1. The molecule has 0 aromatic carbocycles. The number of nitrogens with zero attached hydrogens (tertiary/aromatic N) is 4. The van der Waals surface area contributed by atoms with Crippen LogP contribution in [-0.2, 0) is 16.1 Å². The molecular weight excluding hydrogens is 296 g/mol. The Hall–Kier alpha value is -1.47. The van der Waals surface area contributed by atoms with Gasteiger partial charge in [-0.25, -0.2) is 4.68 Å². The first-order valence-electron chi connectivity index (χ1n) is 8.50. The first-order valence-corrected chi connectivity index (χ1v) is 8.50. The molecule has 2 aliphatic rings. The summed E-state index contributed by atoms with van der Waals surface area (Å²) in [6, 6.07) is 0. The molecule has 2 heterocycles. The van der Waals surface area contributed by atoms with E-state index in [9.17, 15) is 9.90 Å². The van der Waals surface area contributed by atoms with Crippen molar-refractivity contribution in [2.45, 2.75) is 57.3 Å². The minimum Gasteiger partial charge on any atom is -0.386 e. The van der Waals surface area contributed by atoms with Crippen molar-refractivity contribution in [1.82, 2.24) is 19.9 Å². The standard InChI is InChI=1S/C16H26N4O3/c1-13-2-4-14(5-3-13)23-10-15(21)19-8-6-16(22,11-19)12-20-9-7-17-18-20/h7,9,13-14,22H,2-6,8,10-12H2,1H3. The van der Waals surface area contributed by atoms with Crippen molar-refractivity contribution in [2.24, 2.45) is 5.92 Å². The zero-order valence-electron chi connectivity index (χ0n) is 13.7. The monoisotopic (exact) mass is 322 g/mol. The van der Waals surface area contributed by atoms with E-state index in [0.29, 0.717) is 26.1 Å². The molecule has 23 heavy (non-hydrogen) atoms. The molecule has 0 radical (unpaired) electrons. The van der Waals surface area contributed by atoms with Crippen molar-refractivity contribution in [3.63, 3.8) is 0 Å². The molecule has 1 amide bonds. The van der Waals surface area contributed by atoms with E-state index in [1.165, 1.54) is 12.8 Å². The van der Waals surface area contributed by atoms with Crippen LogP contribution in [0.4, 0.5) is 0 Å². The SMILES string of the molecule is CC1CCC(OCC(=O)N2CCC(O)(Cn3ccnn3)C2)CC1. The molecule has 1 aliphatic heterocycles. The largest absolute Gasteiger partial charge is 0.386 e. The third-order valence-electron chi connectivity index (χ3n) is 5.02. The smallest absolute Gasteiger partial charge is 0.248 e. The lowest BCUT2D eigenvalue weighted by molar-refractivity contribution is -0.139. The predicted octanol–water partition coefficient (Wildman–Crippen LogP) is 0.837. The second-order valence-electron chi connectivity index (χ2n) is 7.08. The van der Waals surface area contributed by atoms with Crippen LogP contribution in [0, 0.1) is 5.92 Å². The third kappa shape index (κ3) is 4.29. The highest BCUT2D eigenvalue weighted by molar-refractivity contribution is 5.77. The molecule has 1 saturated carbocycles. The Labute approximate surface area is 136 Å². The lowest BCUT2D eigenvalue weighted by atomic mass is 9.89.